The Balaban J connectivity index is 2.53. The molecule has 21 heavy (non-hydrogen) atoms. The standard InChI is InChI=1S/C14H9BrF3NO2/c1-21-10-4-8(6-19-7-10)13(20)11-3-2-9(15)5-12(11)14(16,17)18/h2-7H,1H3. The number of aromatic nitrogens is 1. The summed E-state index contributed by atoms with van der Waals surface area (Å²) in [5.41, 5.74) is -1.40. The number of ketones is 1. The first-order valence-corrected chi connectivity index (χ1v) is 6.52. The third-order valence-corrected chi connectivity index (χ3v) is 3.24. The Morgan fingerprint density at radius 3 is 2.57 bits per heavy atom. The van der Waals surface area contributed by atoms with Gasteiger partial charge in [-0.15, -0.1) is 0 Å². The molecule has 0 saturated carbocycles. The fraction of sp³-hybridized carbons (Fsp3) is 0.143. The molecule has 0 N–H and O–H groups in total. The van der Waals surface area contributed by atoms with Crippen LogP contribution in [0.15, 0.2) is 41.1 Å². The second-order valence-electron chi connectivity index (χ2n) is 4.13. The van der Waals surface area contributed by atoms with E-state index < -0.39 is 23.1 Å². The van der Waals surface area contributed by atoms with Gasteiger partial charge >= 0.3 is 6.18 Å². The van der Waals surface area contributed by atoms with Crippen LogP contribution in [-0.2, 0) is 6.18 Å². The Hall–Kier alpha value is -1.89. The van der Waals surface area contributed by atoms with Gasteiger partial charge in [-0.3, -0.25) is 9.78 Å². The van der Waals surface area contributed by atoms with Crippen LogP contribution in [0.3, 0.4) is 0 Å². The molecule has 0 unspecified atom stereocenters. The number of rotatable bonds is 3. The van der Waals surface area contributed by atoms with Gasteiger partial charge in [0.2, 0.25) is 0 Å². The molecule has 0 atom stereocenters. The molecule has 2 rings (SSSR count). The average molecular weight is 360 g/mol. The molecule has 0 amide bonds. The summed E-state index contributed by atoms with van der Waals surface area (Å²) < 4.78 is 44.3. The van der Waals surface area contributed by atoms with Gasteiger partial charge in [-0.25, -0.2) is 0 Å². The van der Waals surface area contributed by atoms with E-state index >= 15 is 0 Å². The molecule has 2 aromatic rings. The molecule has 0 spiro atoms. The molecule has 110 valence electrons. The highest BCUT2D eigenvalue weighted by atomic mass is 79.9. The summed E-state index contributed by atoms with van der Waals surface area (Å²) in [7, 11) is 1.38. The average Bonchev–Trinajstić information content (AvgIpc) is 2.45. The molecule has 1 heterocycles. The summed E-state index contributed by atoms with van der Waals surface area (Å²) in [4.78, 5) is 16.1. The van der Waals surface area contributed by atoms with Crippen LogP contribution in [0.4, 0.5) is 13.2 Å². The van der Waals surface area contributed by atoms with Crippen molar-refractivity contribution in [3.8, 4) is 5.75 Å². The number of methoxy groups -OCH3 is 1. The van der Waals surface area contributed by atoms with E-state index in [2.05, 4.69) is 20.9 Å². The third-order valence-electron chi connectivity index (χ3n) is 2.74. The maximum Gasteiger partial charge on any atom is 0.417 e. The van der Waals surface area contributed by atoms with E-state index in [1.54, 1.807) is 0 Å². The number of hydrogen-bond donors (Lipinski definition) is 0. The summed E-state index contributed by atoms with van der Waals surface area (Å²) in [6, 6.07) is 4.74. The lowest BCUT2D eigenvalue weighted by atomic mass is 9.99. The van der Waals surface area contributed by atoms with Crippen molar-refractivity contribution in [1.29, 1.82) is 0 Å². The highest BCUT2D eigenvalue weighted by molar-refractivity contribution is 9.10. The smallest absolute Gasteiger partial charge is 0.417 e. The van der Waals surface area contributed by atoms with Crippen molar-refractivity contribution < 1.29 is 22.7 Å². The largest absolute Gasteiger partial charge is 0.495 e. The molecule has 0 radical (unpaired) electrons. The SMILES string of the molecule is COc1cncc(C(=O)c2ccc(Br)cc2C(F)(F)F)c1. The number of carbonyl (C=O) groups excluding carboxylic acids is 1. The summed E-state index contributed by atoms with van der Waals surface area (Å²) in [6.07, 6.45) is -2.06. The molecular weight excluding hydrogens is 351 g/mol. The predicted molar refractivity (Wildman–Crippen MR) is 73.4 cm³/mol. The number of ether oxygens (including phenoxy) is 1. The van der Waals surface area contributed by atoms with Crippen LogP contribution in [0, 0.1) is 0 Å². The Labute approximate surface area is 126 Å². The number of halogens is 4. The summed E-state index contributed by atoms with van der Waals surface area (Å²) in [5.74, 6) is -0.465. The second kappa shape index (κ2) is 5.85. The Morgan fingerprint density at radius 1 is 1.24 bits per heavy atom. The number of pyridine rings is 1. The predicted octanol–water partition coefficient (Wildman–Crippen LogP) is 4.10. The van der Waals surface area contributed by atoms with Gasteiger partial charge in [0.05, 0.1) is 18.9 Å². The van der Waals surface area contributed by atoms with E-state index in [0.717, 1.165) is 12.1 Å². The zero-order valence-corrected chi connectivity index (χ0v) is 12.3. The van der Waals surface area contributed by atoms with E-state index in [9.17, 15) is 18.0 Å². The first-order chi connectivity index (χ1) is 9.82. The number of carbonyl (C=O) groups is 1. The molecule has 0 aliphatic heterocycles. The van der Waals surface area contributed by atoms with Crippen molar-refractivity contribution in [3.63, 3.8) is 0 Å². The van der Waals surface area contributed by atoms with Crippen molar-refractivity contribution in [2.45, 2.75) is 6.18 Å². The van der Waals surface area contributed by atoms with Crippen molar-refractivity contribution >= 4 is 21.7 Å². The number of benzene rings is 1. The van der Waals surface area contributed by atoms with Crippen LogP contribution in [0.25, 0.3) is 0 Å². The van der Waals surface area contributed by atoms with E-state index in [4.69, 9.17) is 4.74 Å². The van der Waals surface area contributed by atoms with Gasteiger partial charge in [0.15, 0.2) is 5.78 Å². The third kappa shape index (κ3) is 3.41. The second-order valence-corrected chi connectivity index (χ2v) is 5.05. The molecular formula is C14H9BrF3NO2. The van der Waals surface area contributed by atoms with Crippen LogP contribution in [0.5, 0.6) is 5.75 Å². The fourth-order valence-corrected chi connectivity index (χ4v) is 2.12. The minimum atomic E-state index is -4.62. The highest BCUT2D eigenvalue weighted by Crippen LogP contribution is 2.35. The first kappa shape index (κ1) is 15.5. The van der Waals surface area contributed by atoms with Crippen LogP contribution in [0.1, 0.15) is 21.5 Å². The topological polar surface area (TPSA) is 39.2 Å². The Bertz CT molecular complexity index is 686. The molecule has 0 bridgehead atoms. The van der Waals surface area contributed by atoms with E-state index in [1.165, 1.54) is 31.6 Å². The molecule has 1 aromatic heterocycles. The van der Waals surface area contributed by atoms with Gasteiger partial charge in [0, 0.05) is 21.8 Å². The van der Waals surface area contributed by atoms with Gasteiger partial charge in [-0.2, -0.15) is 13.2 Å². The van der Waals surface area contributed by atoms with Gasteiger partial charge in [0.25, 0.3) is 0 Å². The molecule has 0 fully saturated rings. The number of hydrogen-bond acceptors (Lipinski definition) is 3. The molecule has 1 aromatic carbocycles. The number of alkyl halides is 3. The van der Waals surface area contributed by atoms with E-state index in [0.29, 0.717) is 5.75 Å². The lowest BCUT2D eigenvalue weighted by Crippen LogP contribution is -2.14. The quantitative estimate of drug-likeness (QED) is 0.774. The zero-order valence-electron chi connectivity index (χ0n) is 10.7. The van der Waals surface area contributed by atoms with Crippen molar-refractivity contribution in [3.05, 3.63) is 57.8 Å². The van der Waals surface area contributed by atoms with Crippen molar-refractivity contribution in [2.24, 2.45) is 0 Å². The Morgan fingerprint density at radius 2 is 1.95 bits per heavy atom. The van der Waals surface area contributed by atoms with E-state index in [1.807, 2.05) is 0 Å². The normalized spacial score (nSPS) is 11.3. The summed E-state index contributed by atoms with van der Waals surface area (Å²) >= 11 is 2.97. The first-order valence-electron chi connectivity index (χ1n) is 5.73. The maximum absolute atomic E-state index is 13.0. The van der Waals surface area contributed by atoms with Crippen LogP contribution in [0.2, 0.25) is 0 Å². The van der Waals surface area contributed by atoms with Gasteiger partial charge in [0.1, 0.15) is 5.75 Å². The van der Waals surface area contributed by atoms with Crippen LogP contribution in [-0.4, -0.2) is 17.9 Å². The van der Waals surface area contributed by atoms with Gasteiger partial charge in [-0.1, -0.05) is 15.9 Å². The minimum Gasteiger partial charge on any atom is -0.495 e. The lowest BCUT2D eigenvalue weighted by Gasteiger charge is -2.12. The monoisotopic (exact) mass is 359 g/mol. The highest BCUT2D eigenvalue weighted by Gasteiger charge is 2.35. The van der Waals surface area contributed by atoms with E-state index in [-0.39, 0.29) is 10.0 Å². The van der Waals surface area contributed by atoms with Crippen LogP contribution >= 0.6 is 15.9 Å². The molecule has 7 heteroatoms. The number of nitrogens with zero attached hydrogens (tertiary/aromatic N) is 1. The molecule has 0 aliphatic rings. The van der Waals surface area contributed by atoms with Crippen LogP contribution < -0.4 is 4.74 Å². The summed E-state index contributed by atoms with van der Waals surface area (Å²) in [5, 5.41) is 0. The lowest BCUT2D eigenvalue weighted by molar-refractivity contribution is -0.137. The molecule has 3 nitrogen and oxygen atoms in total. The molecule has 0 saturated heterocycles. The zero-order chi connectivity index (χ0) is 15.6. The van der Waals surface area contributed by atoms with Gasteiger partial charge in [-0.05, 0) is 24.3 Å². The van der Waals surface area contributed by atoms with Gasteiger partial charge < -0.3 is 4.74 Å². The van der Waals surface area contributed by atoms with Crippen molar-refractivity contribution in [1.82, 2.24) is 4.98 Å². The fourth-order valence-electron chi connectivity index (χ4n) is 1.76. The van der Waals surface area contributed by atoms with Crippen molar-refractivity contribution in [2.75, 3.05) is 7.11 Å². The Kier molecular flexibility index (Phi) is 4.32. The summed E-state index contributed by atoms with van der Waals surface area (Å²) in [6.45, 7) is 0. The minimum absolute atomic E-state index is 0.0298. The molecule has 0 aliphatic carbocycles. The maximum atomic E-state index is 13.0.